The number of hydrogen-bond acceptors (Lipinski definition) is 5. The van der Waals surface area contributed by atoms with E-state index in [1.54, 1.807) is 41.2 Å². The molecule has 0 unspecified atom stereocenters. The van der Waals surface area contributed by atoms with Crippen molar-refractivity contribution >= 4 is 23.2 Å². The van der Waals surface area contributed by atoms with Crippen molar-refractivity contribution in [1.29, 1.82) is 0 Å². The molecule has 0 saturated carbocycles. The van der Waals surface area contributed by atoms with Crippen LogP contribution in [0.1, 0.15) is 26.4 Å². The number of carbonyl (C=O) groups is 2. The second kappa shape index (κ2) is 5.88. The number of amides is 1. The van der Waals surface area contributed by atoms with E-state index >= 15 is 0 Å². The lowest BCUT2D eigenvalue weighted by Crippen LogP contribution is -2.13. The van der Waals surface area contributed by atoms with Crippen LogP contribution >= 0.6 is 0 Å². The molecule has 3 aromatic rings. The number of nitrogens with one attached hydrogen (secondary N) is 1. The number of rotatable bonds is 3. The molecule has 1 aromatic carbocycles. The van der Waals surface area contributed by atoms with Gasteiger partial charge in [-0.2, -0.15) is 5.10 Å². The largest absolute Gasteiger partial charge is 0.465 e. The molecule has 0 atom stereocenters. The van der Waals surface area contributed by atoms with Gasteiger partial charge in [0.1, 0.15) is 0 Å². The Labute approximate surface area is 131 Å². The quantitative estimate of drug-likeness (QED) is 0.749. The van der Waals surface area contributed by atoms with Crippen LogP contribution in [0.15, 0.2) is 42.7 Å². The standard InChI is InChI=1S/C16H14N4O3/c1-10-7-14-17-8-13(9-20(14)19-10)18-15(21)11-3-5-12(6-4-11)16(22)23-2/h3-9H,1-2H3,(H,18,21). The van der Waals surface area contributed by atoms with Gasteiger partial charge < -0.3 is 10.1 Å². The topological polar surface area (TPSA) is 85.6 Å². The van der Waals surface area contributed by atoms with Crippen molar-refractivity contribution in [1.82, 2.24) is 14.6 Å². The maximum absolute atomic E-state index is 12.2. The summed E-state index contributed by atoms with van der Waals surface area (Å²) in [5.41, 5.74) is 2.90. The summed E-state index contributed by atoms with van der Waals surface area (Å²) in [6.07, 6.45) is 3.26. The Morgan fingerprint density at radius 1 is 1.17 bits per heavy atom. The summed E-state index contributed by atoms with van der Waals surface area (Å²) in [5.74, 6) is -0.743. The fraction of sp³-hybridized carbons (Fsp3) is 0.125. The van der Waals surface area contributed by atoms with E-state index in [0.717, 1.165) is 5.69 Å². The number of ether oxygens (including phenoxy) is 1. The molecule has 0 spiro atoms. The Balaban J connectivity index is 1.78. The van der Waals surface area contributed by atoms with E-state index < -0.39 is 5.97 Å². The number of esters is 1. The summed E-state index contributed by atoms with van der Waals surface area (Å²) in [6, 6.07) is 8.05. The molecule has 116 valence electrons. The summed E-state index contributed by atoms with van der Waals surface area (Å²) >= 11 is 0. The van der Waals surface area contributed by atoms with Gasteiger partial charge in [0.05, 0.1) is 36.4 Å². The molecule has 0 radical (unpaired) electrons. The third-order valence-corrected chi connectivity index (χ3v) is 3.26. The number of carbonyl (C=O) groups excluding carboxylic acids is 2. The molecule has 0 saturated heterocycles. The van der Waals surface area contributed by atoms with Gasteiger partial charge in [0, 0.05) is 11.6 Å². The average molecular weight is 310 g/mol. The van der Waals surface area contributed by atoms with Crippen LogP contribution in [0.2, 0.25) is 0 Å². The Kier molecular flexibility index (Phi) is 3.76. The maximum atomic E-state index is 12.2. The molecule has 0 aliphatic heterocycles. The van der Waals surface area contributed by atoms with E-state index in [1.807, 2.05) is 13.0 Å². The van der Waals surface area contributed by atoms with E-state index in [4.69, 9.17) is 0 Å². The van der Waals surface area contributed by atoms with Crippen LogP contribution in [0.4, 0.5) is 5.69 Å². The summed E-state index contributed by atoms with van der Waals surface area (Å²) in [7, 11) is 1.31. The van der Waals surface area contributed by atoms with Gasteiger partial charge in [-0.1, -0.05) is 0 Å². The number of anilines is 1. The second-order valence-electron chi connectivity index (χ2n) is 4.95. The van der Waals surface area contributed by atoms with Crippen molar-refractivity contribution in [2.24, 2.45) is 0 Å². The number of aromatic nitrogens is 3. The summed E-state index contributed by atoms with van der Waals surface area (Å²) < 4.78 is 6.22. The molecule has 1 N–H and O–H groups in total. The Morgan fingerprint density at radius 3 is 2.57 bits per heavy atom. The summed E-state index contributed by atoms with van der Waals surface area (Å²) in [6.45, 7) is 1.87. The summed E-state index contributed by atoms with van der Waals surface area (Å²) in [5, 5.41) is 6.99. The first-order valence-electron chi connectivity index (χ1n) is 6.88. The van der Waals surface area contributed by atoms with Gasteiger partial charge in [0.2, 0.25) is 0 Å². The van der Waals surface area contributed by atoms with E-state index in [2.05, 4.69) is 20.1 Å². The molecular weight excluding hydrogens is 296 g/mol. The van der Waals surface area contributed by atoms with Gasteiger partial charge in [-0.25, -0.2) is 14.3 Å². The van der Waals surface area contributed by atoms with Crippen molar-refractivity contribution in [3.63, 3.8) is 0 Å². The molecule has 0 bridgehead atoms. The van der Waals surface area contributed by atoms with Crippen LogP contribution in [0.3, 0.4) is 0 Å². The highest BCUT2D eigenvalue weighted by Crippen LogP contribution is 2.12. The van der Waals surface area contributed by atoms with Gasteiger partial charge in [0.15, 0.2) is 5.65 Å². The van der Waals surface area contributed by atoms with Crippen molar-refractivity contribution in [2.75, 3.05) is 12.4 Å². The Morgan fingerprint density at radius 2 is 1.87 bits per heavy atom. The van der Waals surface area contributed by atoms with Crippen LogP contribution < -0.4 is 5.32 Å². The Bertz CT molecular complexity index is 884. The van der Waals surface area contributed by atoms with Crippen LogP contribution in [-0.2, 0) is 4.74 Å². The zero-order valence-corrected chi connectivity index (χ0v) is 12.6. The summed E-state index contributed by atoms with van der Waals surface area (Å²) in [4.78, 5) is 27.8. The molecule has 7 nitrogen and oxygen atoms in total. The van der Waals surface area contributed by atoms with Crippen LogP contribution in [-0.4, -0.2) is 33.6 Å². The molecular formula is C16H14N4O3. The number of fused-ring (bicyclic) bond motifs is 1. The van der Waals surface area contributed by atoms with Gasteiger partial charge >= 0.3 is 5.97 Å². The van der Waals surface area contributed by atoms with Gasteiger partial charge in [0.25, 0.3) is 5.91 Å². The highest BCUT2D eigenvalue weighted by molar-refractivity contribution is 6.04. The first-order chi connectivity index (χ1) is 11.1. The van der Waals surface area contributed by atoms with E-state index in [9.17, 15) is 9.59 Å². The fourth-order valence-corrected chi connectivity index (χ4v) is 2.14. The van der Waals surface area contributed by atoms with Crippen molar-refractivity contribution in [3.05, 3.63) is 59.5 Å². The minimum atomic E-state index is -0.444. The molecule has 3 rings (SSSR count). The number of benzene rings is 1. The van der Waals surface area contributed by atoms with Crippen molar-refractivity contribution < 1.29 is 14.3 Å². The molecule has 0 aliphatic carbocycles. The highest BCUT2D eigenvalue weighted by Gasteiger charge is 2.10. The lowest BCUT2D eigenvalue weighted by Gasteiger charge is -2.06. The van der Waals surface area contributed by atoms with Crippen LogP contribution in [0, 0.1) is 6.92 Å². The molecule has 1 amide bonds. The number of nitrogens with zero attached hydrogens (tertiary/aromatic N) is 3. The fourth-order valence-electron chi connectivity index (χ4n) is 2.14. The molecule has 0 fully saturated rings. The van der Waals surface area contributed by atoms with E-state index in [1.165, 1.54) is 7.11 Å². The van der Waals surface area contributed by atoms with E-state index in [0.29, 0.717) is 22.5 Å². The third kappa shape index (κ3) is 3.03. The predicted octanol–water partition coefficient (Wildman–Crippen LogP) is 2.08. The molecule has 23 heavy (non-hydrogen) atoms. The first kappa shape index (κ1) is 14.7. The zero-order valence-electron chi connectivity index (χ0n) is 12.6. The van der Waals surface area contributed by atoms with Gasteiger partial charge in [-0.3, -0.25) is 4.79 Å². The molecule has 2 heterocycles. The predicted molar refractivity (Wildman–Crippen MR) is 83.5 cm³/mol. The average Bonchev–Trinajstić information content (AvgIpc) is 2.93. The number of hydrogen-bond donors (Lipinski definition) is 1. The lowest BCUT2D eigenvalue weighted by atomic mass is 10.1. The minimum Gasteiger partial charge on any atom is -0.465 e. The molecule has 2 aromatic heterocycles. The maximum Gasteiger partial charge on any atom is 0.337 e. The second-order valence-corrected chi connectivity index (χ2v) is 4.95. The first-order valence-corrected chi connectivity index (χ1v) is 6.88. The monoisotopic (exact) mass is 310 g/mol. The van der Waals surface area contributed by atoms with Gasteiger partial charge in [-0.15, -0.1) is 0 Å². The third-order valence-electron chi connectivity index (χ3n) is 3.26. The Hall–Kier alpha value is -3.22. The van der Waals surface area contributed by atoms with Gasteiger partial charge in [-0.05, 0) is 31.2 Å². The normalized spacial score (nSPS) is 10.5. The van der Waals surface area contributed by atoms with E-state index in [-0.39, 0.29) is 5.91 Å². The number of methoxy groups -OCH3 is 1. The van der Waals surface area contributed by atoms with Crippen molar-refractivity contribution in [2.45, 2.75) is 6.92 Å². The minimum absolute atomic E-state index is 0.300. The molecule has 7 heteroatoms. The highest BCUT2D eigenvalue weighted by atomic mass is 16.5. The zero-order chi connectivity index (χ0) is 16.4. The SMILES string of the molecule is COC(=O)c1ccc(C(=O)Nc2cnc3cc(C)nn3c2)cc1. The molecule has 0 aliphatic rings. The van der Waals surface area contributed by atoms with Crippen molar-refractivity contribution in [3.8, 4) is 0 Å². The van der Waals surface area contributed by atoms with Crippen LogP contribution in [0.25, 0.3) is 5.65 Å². The lowest BCUT2D eigenvalue weighted by molar-refractivity contribution is 0.0600. The number of aryl methyl sites for hydroxylation is 1. The van der Waals surface area contributed by atoms with Crippen LogP contribution in [0.5, 0.6) is 0 Å². The smallest absolute Gasteiger partial charge is 0.337 e.